The third-order valence-electron chi connectivity index (χ3n) is 1.45. The summed E-state index contributed by atoms with van der Waals surface area (Å²) >= 11 is 0. The van der Waals surface area contributed by atoms with Gasteiger partial charge in [0.05, 0.1) is 6.61 Å². The Labute approximate surface area is 95.4 Å². The molecule has 0 bridgehead atoms. The lowest BCUT2D eigenvalue weighted by Gasteiger charge is -2.09. The normalized spacial score (nSPS) is 11.9. The largest absolute Gasteiger partial charge is 0.480 e. The molecular formula is C8H18N2O5S. The third-order valence-corrected chi connectivity index (χ3v) is 2.58. The van der Waals surface area contributed by atoms with Gasteiger partial charge in [-0.2, -0.15) is 13.1 Å². The first kappa shape index (κ1) is 15.3. The second kappa shape index (κ2) is 7.55. The van der Waals surface area contributed by atoms with Crippen LogP contribution in [-0.4, -0.2) is 45.8 Å². The molecule has 16 heavy (non-hydrogen) atoms. The molecule has 8 heteroatoms. The van der Waals surface area contributed by atoms with E-state index >= 15 is 0 Å². The molecule has 0 aromatic rings. The number of nitrogens with one attached hydrogen (secondary N) is 2. The van der Waals surface area contributed by atoms with Gasteiger partial charge in [-0.1, -0.05) is 13.8 Å². The lowest BCUT2D eigenvalue weighted by Crippen LogP contribution is -2.39. The van der Waals surface area contributed by atoms with Crippen molar-refractivity contribution in [3.63, 3.8) is 0 Å². The fourth-order valence-electron chi connectivity index (χ4n) is 0.735. The standard InChI is InChI=1S/C8H18N2O5S/c1-7(2)5-10-16(13,14)9-3-4-15-6-8(11)12/h7,9-10H,3-6H2,1-2H3,(H,11,12). The van der Waals surface area contributed by atoms with Crippen molar-refractivity contribution in [2.24, 2.45) is 5.92 Å². The minimum atomic E-state index is -3.50. The van der Waals surface area contributed by atoms with Crippen molar-refractivity contribution in [2.45, 2.75) is 13.8 Å². The average molecular weight is 254 g/mol. The number of carbonyl (C=O) groups is 1. The highest BCUT2D eigenvalue weighted by atomic mass is 32.2. The Balaban J connectivity index is 3.62. The van der Waals surface area contributed by atoms with E-state index in [2.05, 4.69) is 14.2 Å². The molecule has 0 unspecified atom stereocenters. The molecule has 0 aliphatic heterocycles. The van der Waals surface area contributed by atoms with E-state index < -0.39 is 22.8 Å². The number of rotatable bonds is 9. The van der Waals surface area contributed by atoms with Crippen molar-refractivity contribution in [3.8, 4) is 0 Å². The second-order valence-corrected chi connectivity index (χ2v) is 5.17. The van der Waals surface area contributed by atoms with Crippen molar-refractivity contribution in [3.05, 3.63) is 0 Å². The summed E-state index contributed by atoms with van der Waals surface area (Å²) in [4.78, 5) is 10.1. The fraction of sp³-hybridized carbons (Fsp3) is 0.875. The molecule has 96 valence electrons. The van der Waals surface area contributed by atoms with E-state index in [9.17, 15) is 13.2 Å². The monoisotopic (exact) mass is 254 g/mol. The number of carboxylic acid groups (broad SMARTS) is 1. The molecule has 0 atom stereocenters. The van der Waals surface area contributed by atoms with Gasteiger partial charge >= 0.3 is 5.97 Å². The summed E-state index contributed by atoms with van der Waals surface area (Å²) in [5, 5.41) is 8.24. The van der Waals surface area contributed by atoms with E-state index in [1.54, 1.807) is 0 Å². The smallest absolute Gasteiger partial charge is 0.329 e. The molecule has 0 spiro atoms. The van der Waals surface area contributed by atoms with Crippen LogP contribution < -0.4 is 9.44 Å². The number of hydrogen-bond donors (Lipinski definition) is 3. The van der Waals surface area contributed by atoms with Gasteiger partial charge in [-0.25, -0.2) is 9.52 Å². The maximum absolute atomic E-state index is 11.2. The molecule has 0 fully saturated rings. The Kier molecular flexibility index (Phi) is 7.22. The Morgan fingerprint density at radius 3 is 2.50 bits per heavy atom. The predicted octanol–water partition coefficient (Wildman–Crippen LogP) is -0.832. The van der Waals surface area contributed by atoms with Crippen LogP contribution in [0.3, 0.4) is 0 Å². The molecule has 0 aliphatic rings. The Morgan fingerprint density at radius 1 is 1.38 bits per heavy atom. The van der Waals surface area contributed by atoms with Crippen LogP contribution in [0.15, 0.2) is 0 Å². The van der Waals surface area contributed by atoms with Crippen LogP contribution in [0.5, 0.6) is 0 Å². The molecule has 0 heterocycles. The van der Waals surface area contributed by atoms with Crippen LogP contribution in [0, 0.1) is 5.92 Å². The number of ether oxygens (including phenoxy) is 1. The molecule has 0 saturated heterocycles. The van der Waals surface area contributed by atoms with Gasteiger partial charge in [0.2, 0.25) is 0 Å². The number of aliphatic carboxylic acids is 1. The van der Waals surface area contributed by atoms with Gasteiger partial charge in [0.15, 0.2) is 0 Å². The Hall–Kier alpha value is -0.700. The van der Waals surface area contributed by atoms with E-state index in [-0.39, 0.29) is 19.1 Å². The van der Waals surface area contributed by atoms with Crippen molar-refractivity contribution in [2.75, 3.05) is 26.3 Å². The summed E-state index contributed by atoms with van der Waals surface area (Å²) in [5.41, 5.74) is 0. The summed E-state index contributed by atoms with van der Waals surface area (Å²) in [6.07, 6.45) is 0. The first-order chi connectivity index (χ1) is 7.33. The number of hydrogen-bond acceptors (Lipinski definition) is 4. The molecular weight excluding hydrogens is 236 g/mol. The van der Waals surface area contributed by atoms with Gasteiger partial charge in [0.25, 0.3) is 10.2 Å². The fourth-order valence-corrected chi connectivity index (χ4v) is 1.74. The van der Waals surface area contributed by atoms with Gasteiger partial charge < -0.3 is 9.84 Å². The lowest BCUT2D eigenvalue weighted by atomic mass is 10.2. The summed E-state index contributed by atoms with van der Waals surface area (Å²) in [7, 11) is -3.50. The maximum Gasteiger partial charge on any atom is 0.329 e. The van der Waals surface area contributed by atoms with Crippen LogP contribution in [0.2, 0.25) is 0 Å². The van der Waals surface area contributed by atoms with Crippen LogP contribution in [0.25, 0.3) is 0 Å². The van der Waals surface area contributed by atoms with E-state index in [4.69, 9.17) is 5.11 Å². The first-order valence-corrected chi connectivity index (χ1v) is 6.35. The Bertz CT molecular complexity index is 302. The van der Waals surface area contributed by atoms with Crippen molar-refractivity contribution in [1.82, 2.24) is 9.44 Å². The van der Waals surface area contributed by atoms with Crippen LogP contribution >= 0.6 is 0 Å². The molecule has 0 aliphatic carbocycles. The topological polar surface area (TPSA) is 105 Å². The van der Waals surface area contributed by atoms with E-state index in [1.807, 2.05) is 13.8 Å². The van der Waals surface area contributed by atoms with Gasteiger partial charge in [-0.05, 0) is 5.92 Å². The molecule has 3 N–H and O–H groups in total. The van der Waals surface area contributed by atoms with E-state index in [0.717, 1.165) is 0 Å². The van der Waals surface area contributed by atoms with Crippen LogP contribution in [0.4, 0.5) is 0 Å². The zero-order chi connectivity index (χ0) is 12.6. The summed E-state index contributed by atoms with van der Waals surface area (Å²) < 4.78 is 31.7. The van der Waals surface area contributed by atoms with Gasteiger partial charge in [0, 0.05) is 13.1 Å². The molecule has 0 aromatic carbocycles. The van der Waals surface area contributed by atoms with E-state index in [0.29, 0.717) is 6.54 Å². The molecule has 0 radical (unpaired) electrons. The lowest BCUT2D eigenvalue weighted by molar-refractivity contribution is -0.142. The highest BCUT2D eigenvalue weighted by Crippen LogP contribution is 1.88. The van der Waals surface area contributed by atoms with Crippen LogP contribution in [-0.2, 0) is 19.7 Å². The Morgan fingerprint density at radius 2 is 2.00 bits per heavy atom. The molecule has 0 rings (SSSR count). The van der Waals surface area contributed by atoms with Gasteiger partial charge in [0.1, 0.15) is 6.61 Å². The van der Waals surface area contributed by atoms with Gasteiger partial charge in [-0.3, -0.25) is 0 Å². The van der Waals surface area contributed by atoms with Crippen molar-refractivity contribution >= 4 is 16.2 Å². The highest BCUT2D eigenvalue weighted by Gasteiger charge is 2.08. The van der Waals surface area contributed by atoms with Gasteiger partial charge in [-0.15, -0.1) is 0 Å². The zero-order valence-corrected chi connectivity index (χ0v) is 10.2. The highest BCUT2D eigenvalue weighted by molar-refractivity contribution is 7.87. The molecule has 7 nitrogen and oxygen atoms in total. The predicted molar refractivity (Wildman–Crippen MR) is 58.2 cm³/mol. The quantitative estimate of drug-likeness (QED) is 0.466. The minimum Gasteiger partial charge on any atom is -0.480 e. The summed E-state index contributed by atoms with van der Waals surface area (Å²) in [6.45, 7) is 3.76. The molecule has 0 aromatic heterocycles. The van der Waals surface area contributed by atoms with Crippen LogP contribution in [0.1, 0.15) is 13.8 Å². The zero-order valence-electron chi connectivity index (χ0n) is 9.39. The van der Waals surface area contributed by atoms with E-state index in [1.165, 1.54) is 0 Å². The average Bonchev–Trinajstić information content (AvgIpc) is 2.14. The van der Waals surface area contributed by atoms with Crippen molar-refractivity contribution in [1.29, 1.82) is 0 Å². The first-order valence-electron chi connectivity index (χ1n) is 4.87. The maximum atomic E-state index is 11.2. The minimum absolute atomic E-state index is 0.0227. The SMILES string of the molecule is CC(C)CNS(=O)(=O)NCCOCC(=O)O. The summed E-state index contributed by atoms with van der Waals surface area (Å²) in [5.74, 6) is -0.861. The number of carboxylic acids is 1. The van der Waals surface area contributed by atoms with Crippen molar-refractivity contribution < 1.29 is 23.1 Å². The third kappa shape index (κ3) is 9.84. The second-order valence-electron chi connectivity index (χ2n) is 3.59. The molecule has 0 amide bonds. The summed E-state index contributed by atoms with van der Waals surface area (Å²) in [6, 6.07) is 0. The molecule has 0 saturated carbocycles.